The van der Waals surface area contributed by atoms with Crippen LogP contribution in [0.3, 0.4) is 0 Å². The SMILES string of the molecule is Cc1cc(OC(C)C)ccc1NCc1ccccc1C#N. The van der Waals surface area contributed by atoms with Crippen LogP contribution in [0.1, 0.15) is 30.5 Å². The first-order chi connectivity index (χ1) is 10.1. The third-order valence-electron chi connectivity index (χ3n) is 3.18. The molecule has 1 N–H and O–H groups in total. The molecule has 0 amide bonds. The molecule has 0 aliphatic rings. The summed E-state index contributed by atoms with van der Waals surface area (Å²) in [6.45, 7) is 6.71. The van der Waals surface area contributed by atoms with Crippen LogP contribution in [0.2, 0.25) is 0 Å². The minimum Gasteiger partial charge on any atom is -0.491 e. The second-order valence-electron chi connectivity index (χ2n) is 5.27. The lowest BCUT2D eigenvalue weighted by Crippen LogP contribution is -2.06. The van der Waals surface area contributed by atoms with Crippen molar-refractivity contribution in [3.05, 3.63) is 59.2 Å². The van der Waals surface area contributed by atoms with Gasteiger partial charge in [-0.25, -0.2) is 0 Å². The predicted molar refractivity (Wildman–Crippen MR) is 85.4 cm³/mol. The molecule has 0 heterocycles. The van der Waals surface area contributed by atoms with E-state index in [1.807, 2.05) is 63.2 Å². The van der Waals surface area contributed by atoms with Crippen molar-refractivity contribution < 1.29 is 4.74 Å². The van der Waals surface area contributed by atoms with Crippen LogP contribution in [-0.4, -0.2) is 6.10 Å². The monoisotopic (exact) mass is 280 g/mol. The Morgan fingerprint density at radius 2 is 1.95 bits per heavy atom. The number of nitriles is 1. The van der Waals surface area contributed by atoms with E-state index in [4.69, 9.17) is 10.00 Å². The highest BCUT2D eigenvalue weighted by molar-refractivity contribution is 5.54. The fourth-order valence-electron chi connectivity index (χ4n) is 2.15. The largest absolute Gasteiger partial charge is 0.491 e. The quantitative estimate of drug-likeness (QED) is 0.889. The highest BCUT2D eigenvalue weighted by atomic mass is 16.5. The van der Waals surface area contributed by atoms with E-state index < -0.39 is 0 Å². The summed E-state index contributed by atoms with van der Waals surface area (Å²) in [5.74, 6) is 0.880. The lowest BCUT2D eigenvalue weighted by Gasteiger charge is -2.14. The van der Waals surface area contributed by atoms with Crippen molar-refractivity contribution in [3.63, 3.8) is 0 Å². The van der Waals surface area contributed by atoms with Gasteiger partial charge in [0, 0.05) is 12.2 Å². The van der Waals surface area contributed by atoms with Crippen molar-refractivity contribution in [2.45, 2.75) is 33.4 Å². The highest BCUT2D eigenvalue weighted by Crippen LogP contribution is 2.23. The van der Waals surface area contributed by atoms with Crippen molar-refractivity contribution >= 4 is 5.69 Å². The molecule has 3 heteroatoms. The molecule has 0 saturated heterocycles. The van der Waals surface area contributed by atoms with Crippen LogP contribution in [0, 0.1) is 18.3 Å². The molecular formula is C18H20N2O. The van der Waals surface area contributed by atoms with Gasteiger partial charge in [-0.2, -0.15) is 5.26 Å². The van der Waals surface area contributed by atoms with Gasteiger partial charge in [-0.3, -0.25) is 0 Å². The van der Waals surface area contributed by atoms with E-state index in [1.165, 1.54) is 0 Å². The Morgan fingerprint density at radius 1 is 1.19 bits per heavy atom. The first-order valence-electron chi connectivity index (χ1n) is 7.09. The Balaban J connectivity index is 2.08. The standard InChI is InChI=1S/C18H20N2O/c1-13(2)21-17-8-9-18(14(3)10-17)20-12-16-7-5-4-6-15(16)11-19/h4-10,13,20H,12H2,1-3H3. The summed E-state index contributed by atoms with van der Waals surface area (Å²) in [5, 5.41) is 12.5. The molecule has 0 aliphatic carbocycles. The van der Waals surface area contributed by atoms with Gasteiger partial charge in [0.15, 0.2) is 0 Å². The van der Waals surface area contributed by atoms with Gasteiger partial charge in [-0.1, -0.05) is 18.2 Å². The number of rotatable bonds is 5. The van der Waals surface area contributed by atoms with Gasteiger partial charge in [0.1, 0.15) is 5.75 Å². The average Bonchev–Trinajstić information content (AvgIpc) is 2.46. The molecule has 3 nitrogen and oxygen atoms in total. The average molecular weight is 280 g/mol. The number of ether oxygens (including phenoxy) is 1. The predicted octanol–water partition coefficient (Wildman–Crippen LogP) is 4.27. The number of benzene rings is 2. The summed E-state index contributed by atoms with van der Waals surface area (Å²) in [7, 11) is 0. The molecule has 0 atom stereocenters. The van der Waals surface area contributed by atoms with Crippen molar-refractivity contribution in [2.75, 3.05) is 5.32 Å². The van der Waals surface area contributed by atoms with Gasteiger partial charge in [0.25, 0.3) is 0 Å². The molecule has 2 aromatic carbocycles. The van der Waals surface area contributed by atoms with E-state index in [-0.39, 0.29) is 6.10 Å². The van der Waals surface area contributed by atoms with Gasteiger partial charge in [0.2, 0.25) is 0 Å². The maximum absolute atomic E-state index is 9.10. The zero-order valence-electron chi connectivity index (χ0n) is 12.7. The molecule has 0 saturated carbocycles. The molecule has 0 aromatic heterocycles. The van der Waals surface area contributed by atoms with Crippen LogP contribution in [0.4, 0.5) is 5.69 Å². The highest BCUT2D eigenvalue weighted by Gasteiger charge is 2.04. The first-order valence-corrected chi connectivity index (χ1v) is 7.09. The molecular weight excluding hydrogens is 260 g/mol. The van der Waals surface area contributed by atoms with Gasteiger partial charge < -0.3 is 10.1 Å². The zero-order chi connectivity index (χ0) is 15.2. The van der Waals surface area contributed by atoms with Gasteiger partial charge in [-0.15, -0.1) is 0 Å². The number of anilines is 1. The maximum Gasteiger partial charge on any atom is 0.120 e. The van der Waals surface area contributed by atoms with Crippen LogP contribution in [0.5, 0.6) is 5.75 Å². The van der Waals surface area contributed by atoms with Crippen molar-refractivity contribution in [3.8, 4) is 11.8 Å². The molecule has 21 heavy (non-hydrogen) atoms. The minimum atomic E-state index is 0.172. The Kier molecular flexibility index (Phi) is 4.84. The Bertz CT molecular complexity index is 657. The lowest BCUT2D eigenvalue weighted by molar-refractivity contribution is 0.242. The molecule has 0 spiro atoms. The molecule has 108 valence electrons. The van der Waals surface area contributed by atoms with E-state index in [9.17, 15) is 0 Å². The minimum absolute atomic E-state index is 0.172. The molecule has 2 rings (SSSR count). The van der Waals surface area contributed by atoms with Crippen LogP contribution in [-0.2, 0) is 6.54 Å². The van der Waals surface area contributed by atoms with Crippen LogP contribution < -0.4 is 10.1 Å². The summed E-state index contributed by atoms with van der Waals surface area (Å²) in [4.78, 5) is 0. The number of hydrogen-bond acceptors (Lipinski definition) is 3. The van der Waals surface area contributed by atoms with Gasteiger partial charge >= 0.3 is 0 Å². The summed E-state index contributed by atoms with van der Waals surface area (Å²) >= 11 is 0. The first kappa shape index (κ1) is 14.9. The number of nitrogens with one attached hydrogen (secondary N) is 1. The molecule has 0 radical (unpaired) electrons. The van der Waals surface area contributed by atoms with Crippen molar-refractivity contribution in [2.24, 2.45) is 0 Å². The molecule has 0 unspecified atom stereocenters. The maximum atomic E-state index is 9.10. The van der Waals surface area contributed by atoms with E-state index in [2.05, 4.69) is 11.4 Å². The third kappa shape index (κ3) is 4.00. The van der Waals surface area contributed by atoms with E-state index in [1.54, 1.807) is 0 Å². The van der Waals surface area contributed by atoms with Crippen molar-refractivity contribution in [1.29, 1.82) is 5.26 Å². The van der Waals surface area contributed by atoms with Gasteiger partial charge in [0.05, 0.1) is 17.7 Å². The number of hydrogen-bond donors (Lipinski definition) is 1. The number of nitrogens with zero attached hydrogens (tertiary/aromatic N) is 1. The van der Waals surface area contributed by atoms with Crippen LogP contribution in [0.25, 0.3) is 0 Å². The van der Waals surface area contributed by atoms with Crippen LogP contribution in [0.15, 0.2) is 42.5 Å². The summed E-state index contributed by atoms with van der Waals surface area (Å²) in [6, 6.07) is 15.9. The smallest absolute Gasteiger partial charge is 0.120 e. The molecule has 2 aromatic rings. The fraction of sp³-hybridized carbons (Fsp3) is 0.278. The zero-order valence-corrected chi connectivity index (χ0v) is 12.7. The van der Waals surface area contributed by atoms with Crippen LogP contribution >= 0.6 is 0 Å². The summed E-state index contributed by atoms with van der Waals surface area (Å²) in [6.07, 6.45) is 0.172. The van der Waals surface area contributed by atoms with E-state index in [0.717, 1.165) is 22.6 Å². The lowest BCUT2D eigenvalue weighted by atomic mass is 10.1. The topological polar surface area (TPSA) is 45.0 Å². The summed E-state index contributed by atoms with van der Waals surface area (Å²) in [5.41, 5.74) is 3.89. The van der Waals surface area contributed by atoms with Gasteiger partial charge in [-0.05, 0) is 56.2 Å². The normalized spacial score (nSPS) is 10.2. The number of aryl methyl sites for hydroxylation is 1. The Labute approximate surface area is 126 Å². The summed E-state index contributed by atoms with van der Waals surface area (Å²) < 4.78 is 5.68. The Morgan fingerprint density at radius 3 is 2.62 bits per heavy atom. The molecule has 0 aliphatic heterocycles. The Hall–Kier alpha value is -2.47. The van der Waals surface area contributed by atoms with Crippen molar-refractivity contribution in [1.82, 2.24) is 0 Å². The van der Waals surface area contributed by atoms with E-state index >= 15 is 0 Å². The van der Waals surface area contributed by atoms with E-state index in [0.29, 0.717) is 12.1 Å². The second kappa shape index (κ2) is 6.81. The second-order valence-corrected chi connectivity index (χ2v) is 5.27. The molecule has 0 fully saturated rings. The fourth-order valence-corrected chi connectivity index (χ4v) is 2.15. The third-order valence-corrected chi connectivity index (χ3v) is 3.18. The molecule has 0 bridgehead atoms.